The number of likely N-dealkylation sites (tertiary alicyclic amines) is 1. The zero-order valence-corrected chi connectivity index (χ0v) is 15.6. The standard InChI is InChI=1S/C18H27N3O3S/c1-15-3-2-4-17(13-15)19-16-5-7-21(8-6-16)18(22)14-20-9-11-25(23,24)12-10-20/h2-4,13,16,19H,5-12,14H2,1H3. The van der Waals surface area contributed by atoms with Gasteiger partial charge in [0.05, 0.1) is 18.1 Å². The van der Waals surface area contributed by atoms with Gasteiger partial charge in [-0.25, -0.2) is 8.42 Å². The van der Waals surface area contributed by atoms with Gasteiger partial charge >= 0.3 is 0 Å². The van der Waals surface area contributed by atoms with Crippen molar-refractivity contribution >= 4 is 21.4 Å². The smallest absolute Gasteiger partial charge is 0.236 e. The summed E-state index contributed by atoms with van der Waals surface area (Å²) in [6.07, 6.45) is 1.88. The van der Waals surface area contributed by atoms with Gasteiger partial charge in [0.25, 0.3) is 0 Å². The number of carbonyl (C=O) groups is 1. The van der Waals surface area contributed by atoms with Gasteiger partial charge in [0.2, 0.25) is 5.91 Å². The molecule has 2 aliphatic heterocycles. The van der Waals surface area contributed by atoms with Crippen molar-refractivity contribution < 1.29 is 13.2 Å². The Balaban J connectivity index is 1.43. The molecule has 25 heavy (non-hydrogen) atoms. The van der Waals surface area contributed by atoms with Crippen molar-refractivity contribution in [1.82, 2.24) is 9.80 Å². The minimum atomic E-state index is -2.89. The van der Waals surface area contributed by atoms with E-state index in [1.54, 1.807) is 0 Å². The van der Waals surface area contributed by atoms with Crippen molar-refractivity contribution in [2.24, 2.45) is 0 Å². The highest BCUT2D eigenvalue weighted by Gasteiger charge is 2.27. The van der Waals surface area contributed by atoms with E-state index in [2.05, 4.69) is 36.5 Å². The molecule has 1 aromatic rings. The lowest BCUT2D eigenvalue weighted by Gasteiger charge is -2.35. The predicted octanol–water partition coefficient (Wildman–Crippen LogP) is 1.13. The zero-order chi connectivity index (χ0) is 17.9. The first kappa shape index (κ1) is 18.2. The number of amides is 1. The first-order valence-corrected chi connectivity index (χ1v) is 10.8. The van der Waals surface area contributed by atoms with E-state index in [1.807, 2.05) is 9.80 Å². The van der Waals surface area contributed by atoms with Gasteiger partial charge in [-0.3, -0.25) is 9.69 Å². The Morgan fingerprint density at radius 1 is 1.16 bits per heavy atom. The highest BCUT2D eigenvalue weighted by Crippen LogP contribution is 2.18. The molecule has 6 nitrogen and oxygen atoms in total. The Kier molecular flexibility index (Phi) is 5.64. The predicted molar refractivity (Wildman–Crippen MR) is 99.5 cm³/mol. The van der Waals surface area contributed by atoms with Crippen LogP contribution in [0.15, 0.2) is 24.3 Å². The van der Waals surface area contributed by atoms with Crippen LogP contribution in [0.5, 0.6) is 0 Å². The molecule has 2 fully saturated rings. The number of benzene rings is 1. The molecule has 2 aliphatic rings. The quantitative estimate of drug-likeness (QED) is 0.866. The monoisotopic (exact) mass is 365 g/mol. The van der Waals surface area contributed by atoms with E-state index in [1.165, 1.54) is 5.56 Å². The largest absolute Gasteiger partial charge is 0.382 e. The Morgan fingerprint density at radius 3 is 2.48 bits per heavy atom. The van der Waals surface area contributed by atoms with Crippen LogP contribution in [0.1, 0.15) is 18.4 Å². The fraction of sp³-hybridized carbons (Fsp3) is 0.611. The number of piperidine rings is 1. The third kappa shape index (κ3) is 5.19. The van der Waals surface area contributed by atoms with Gasteiger partial charge in [0.15, 0.2) is 9.84 Å². The van der Waals surface area contributed by atoms with E-state index in [9.17, 15) is 13.2 Å². The highest BCUT2D eigenvalue weighted by atomic mass is 32.2. The van der Waals surface area contributed by atoms with Crippen LogP contribution in [0.3, 0.4) is 0 Å². The van der Waals surface area contributed by atoms with Gasteiger partial charge in [-0.1, -0.05) is 12.1 Å². The summed E-state index contributed by atoms with van der Waals surface area (Å²) in [7, 11) is -2.89. The SMILES string of the molecule is Cc1cccc(NC2CCN(C(=O)CN3CCS(=O)(=O)CC3)CC2)c1. The molecular weight excluding hydrogens is 338 g/mol. The summed E-state index contributed by atoms with van der Waals surface area (Å²) >= 11 is 0. The number of anilines is 1. The molecule has 0 radical (unpaired) electrons. The Bertz CT molecular complexity index is 698. The van der Waals surface area contributed by atoms with Gasteiger partial charge < -0.3 is 10.2 Å². The molecule has 7 heteroatoms. The first-order valence-electron chi connectivity index (χ1n) is 8.95. The molecule has 1 N–H and O–H groups in total. The molecule has 0 unspecified atom stereocenters. The van der Waals surface area contributed by atoms with Crippen LogP contribution in [-0.4, -0.2) is 74.4 Å². The third-order valence-electron chi connectivity index (χ3n) is 5.03. The summed E-state index contributed by atoms with van der Waals surface area (Å²) in [6, 6.07) is 8.75. The van der Waals surface area contributed by atoms with Crippen LogP contribution in [0.25, 0.3) is 0 Å². The van der Waals surface area contributed by atoms with Gasteiger partial charge in [0.1, 0.15) is 0 Å². The number of hydrogen-bond donors (Lipinski definition) is 1. The van der Waals surface area contributed by atoms with Gasteiger partial charge in [-0.15, -0.1) is 0 Å². The van der Waals surface area contributed by atoms with E-state index in [4.69, 9.17) is 0 Å². The number of rotatable bonds is 4. The molecule has 0 saturated carbocycles. The van der Waals surface area contributed by atoms with Gasteiger partial charge in [0, 0.05) is 37.9 Å². The second kappa shape index (κ2) is 7.74. The van der Waals surface area contributed by atoms with Crippen molar-refractivity contribution in [3.05, 3.63) is 29.8 Å². The fourth-order valence-corrected chi connectivity index (χ4v) is 4.72. The van der Waals surface area contributed by atoms with Gasteiger partial charge in [-0.2, -0.15) is 0 Å². The number of aryl methyl sites for hydroxylation is 1. The van der Waals surface area contributed by atoms with E-state index < -0.39 is 9.84 Å². The van der Waals surface area contributed by atoms with E-state index in [-0.39, 0.29) is 17.4 Å². The summed E-state index contributed by atoms with van der Waals surface area (Å²) in [5.74, 6) is 0.458. The van der Waals surface area contributed by atoms with Crippen molar-refractivity contribution in [1.29, 1.82) is 0 Å². The minimum Gasteiger partial charge on any atom is -0.382 e. The van der Waals surface area contributed by atoms with E-state index >= 15 is 0 Å². The van der Waals surface area contributed by atoms with Crippen molar-refractivity contribution in [3.63, 3.8) is 0 Å². The molecule has 138 valence electrons. The normalized spacial score (nSPS) is 21.9. The molecule has 0 spiro atoms. The van der Waals surface area contributed by atoms with Crippen LogP contribution in [-0.2, 0) is 14.6 Å². The summed E-state index contributed by atoms with van der Waals surface area (Å²) in [6.45, 7) is 4.88. The average Bonchev–Trinajstić information content (AvgIpc) is 2.57. The number of nitrogens with zero attached hydrogens (tertiary/aromatic N) is 2. The van der Waals surface area contributed by atoms with Gasteiger partial charge in [-0.05, 0) is 37.5 Å². The zero-order valence-electron chi connectivity index (χ0n) is 14.8. The summed E-state index contributed by atoms with van der Waals surface area (Å²) in [5, 5.41) is 3.56. The Morgan fingerprint density at radius 2 is 1.84 bits per heavy atom. The second-order valence-corrected chi connectivity index (χ2v) is 9.40. The van der Waals surface area contributed by atoms with Crippen LogP contribution < -0.4 is 5.32 Å². The van der Waals surface area contributed by atoms with Crippen LogP contribution >= 0.6 is 0 Å². The molecule has 3 rings (SSSR count). The molecule has 0 aromatic heterocycles. The van der Waals surface area contributed by atoms with Crippen molar-refractivity contribution in [2.45, 2.75) is 25.8 Å². The average molecular weight is 365 g/mol. The number of hydrogen-bond acceptors (Lipinski definition) is 5. The van der Waals surface area contributed by atoms with Crippen molar-refractivity contribution in [3.8, 4) is 0 Å². The lowest BCUT2D eigenvalue weighted by atomic mass is 10.0. The third-order valence-corrected chi connectivity index (χ3v) is 6.64. The minimum absolute atomic E-state index is 0.119. The molecule has 0 bridgehead atoms. The number of carbonyl (C=O) groups excluding carboxylic acids is 1. The molecule has 2 heterocycles. The lowest BCUT2D eigenvalue weighted by molar-refractivity contribution is -0.133. The summed E-state index contributed by atoms with van der Waals surface area (Å²) in [5.41, 5.74) is 2.38. The van der Waals surface area contributed by atoms with Crippen LogP contribution in [0.2, 0.25) is 0 Å². The van der Waals surface area contributed by atoms with Crippen molar-refractivity contribution in [2.75, 3.05) is 49.5 Å². The molecule has 0 atom stereocenters. The molecule has 1 aromatic carbocycles. The fourth-order valence-electron chi connectivity index (χ4n) is 3.44. The second-order valence-electron chi connectivity index (χ2n) is 7.10. The Labute approximate surface area is 150 Å². The van der Waals surface area contributed by atoms with Crippen LogP contribution in [0, 0.1) is 6.92 Å². The number of sulfone groups is 1. The lowest BCUT2D eigenvalue weighted by Crippen LogP contribution is -2.49. The van der Waals surface area contributed by atoms with Crippen LogP contribution in [0.4, 0.5) is 5.69 Å². The molecule has 0 aliphatic carbocycles. The molecular formula is C18H27N3O3S. The molecule has 1 amide bonds. The molecule has 2 saturated heterocycles. The first-order chi connectivity index (χ1) is 11.9. The van der Waals surface area contributed by atoms with E-state index in [0.29, 0.717) is 25.7 Å². The van der Waals surface area contributed by atoms with E-state index in [0.717, 1.165) is 31.6 Å². The highest BCUT2D eigenvalue weighted by molar-refractivity contribution is 7.91. The maximum atomic E-state index is 12.5. The Hall–Kier alpha value is -1.60. The maximum absolute atomic E-state index is 12.5. The summed E-state index contributed by atoms with van der Waals surface area (Å²) < 4.78 is 22.9. The summed E-state index contributed by atoms with van der Waals surface area (Å²) in [4.78, 5) is 16.3. The number of nitrogens with one attached hydrogen (secondary N) is 1. The maximum Gasteiger partial charge on any atom is 0.236 e. The topological polar surface area (TPSA) is 69.7 Å².